The number of hydrogen-bond donors (Lipinski definition) is 0. The molecular weight excluding hydrogens is 753 g/mol. The number of nitriles is 1. The Labute approximate surface area is 362 Å². The molecule has 0 unspecified atom stereocenters. The maximum absolute atomic E-state index is 9.84. The van der Waals surface area contributed by atoms with Crippen LogP contribution in [0.3, 0.4) is 0 Å². The Kier molecular flexibility index (Phi) is 9.44. The molecule has 1 saturated carbocycles. The molecule has 294 valence electrons. The Hall–Kier alpha value is -7.74. The van der Waals surface area contributed by atoms with Gasteiger partial charge in [-0.1, -0.05) is 171 Å². The zero-order chi connectivity index (χ0) is 41.5. The molecular formula is C58H42N4. The van der Waals surface area contributed by atoms with E-state index in [1.54, 1.807) is 6.20 Å². The van der Waals surface area contributed by atoms with E-state index in [-0.39, 0.29) is 5.41 Å². The fourth-order valence-corrected chi connectivity index (χ4v) is 9.93. The van der Waals surface area contributed by atoms with Gasteiger partial charge in [-0.25, -0.2) is 9.97 Å². The lowest BCUT2D eigenvalue weighted by Crippen LogP contribution is -2.28. The van der Waals surface area contributed by atoms with Crippen LogP contribution in [0.2, 0.25) is 0 Å². The summed E-state index contributed by atoms with van der Waals surface area (Å²) in [6, 6.07) is 67.0. The number of pyridine rings is 1. The van der Waals surface area contributed by atoms with Crippen molar-refractivity contribution in [3.63, 3.8) is 0 Å². The summed E-state index contributed by atoms with van der Waals surface area (Å²) in [5.41, 5.74) is 20.3. The van der Waals surface area contributed by atoms with Gasteiger partial charge in [0, 0.05) is 34.5 Å². The van der Waals surface area contributed by atoms with E-state index in [0.717, 1.165) is 68.7 Å². The topological polar surface area (TPSA) is 62.5 Å². The molecule has 4 nitrogen and oxygen atoms in total. The predicted molar refractivity (Wildman–Crippen MR) is 252 cm³/mol. The molecule has 9 aromatic rings. The lowest BCUT2D eigenvalue weighted by molar-refractivity contribution is 0.353. The van der Waals surface area contributed by atoms with E-state index in [1.807, 2.05) is 36.5 Å². The minimum Gasteiger partial charge on any atom is -0.264 e. The van der Waals surface area contributed by atoms with Gasteiger partial charge in [0.2, 0.25) is 0 Å². The summed E-state index contributed by atoms with van der Waals surface area (Å²) in [5, 5.41) is 9.84. The summed E-state index contributed by atoms with van der Waals surface area (Å²) >= 11 is 0. The third kappa shape index (κ3) is 6.69. The van der Waals surface area contributed by atoms with Crippen molar-refractivity contribution in [2.24, 2.45) is 0 Å². The van der Waals surface area contributed by atoms with Crippen molar-refractivity contribution < 1.29 is 0 Å². The van der Waals surface area contributed by atoms with Gasteiger partial charge in [-0.2, -0.15) is 5.26 Å². The first-order valence-corrected chi connectivity index (χ1v) is 21.6. The van der Waals surface area contributed by atoms with E-state index < -0.39 is 0 Å². The lowest BCUT2D eigenvalue weighted by atomic mass is 9.67. The molecule has 2 heterocycles. The van der Waals surface area contributed by atoms with Crippen LogP contribution in [0, 0.1) is 11.3 Å². The Morgan fingerprint density at radius 3 is 1.65 bits per heavy atom. The van der Waals surface area contributed by atoms with Crippen LogP contribution in [0.15, 0.2) is 194 Å². The number of hydrogen-bond acceptors (Lipinski definition) is 4. The molecule has 0 aliphatic heterocycles. The van der Waals surface area contributed by atoms with Crippen molar-refractivity contribution in [2.75, 3.05) is 0 Å². The summed E-state index contributed by atoms with van der Waals surface area (Å²) in [5.74, 6) is 0.696. The van der Waals surface area contributed by atoms with Crippen molar-refractivity contribution in [2.45, 2.75) is 37.5 Å². The summed E-state index contributed by atoms with van der Waals surface area (Å²) < 4.78 is 0. The maximum Gasteiger partial charge on any atom is 0.160 e. The molecule has 1 fully saturated rings. The van der Waals surface area contributed by atoms with E-state index in [9.17, 15) is 5.26 Å². The van der Waals surface area contributed by atoms with Crippen LogP contribution in [-0.4, -0.2) is 15.0 Å². The fourth-order valence-electron chi connectivity index (χ4n) is 9.93. The molecule has 0 saturated heterocycles. The average Bonchev–Trinajstić information content (AvgIpc) is 3.62. The lowest BCUT2D eigenvalue weighted by Gasteiger charge is -2.36. The molecule has 2 aromatic heterocycles. The quantitative estimate of drug-likeness (QED) is 0.161. The van der Waals surface area contributed by atoms with Crippen molar-refractivity contribution in [3.05, 3.63) is 211 Å². The van der Waals surface area contributed by atoms with Crippen LogP contribution in [0.25, 0.3) is 89.5 Å². The number of rotatable bonds is 7. The van der Waals surface area contributed by atoms with Gasteiger partial charge in [-0.05, 0) is 110 Å². The van der Waals surface area contributed by atoms with Gasteiger partial charge in [0.25, 0.3) is 0 Å². The predicted octanol–water partition coefficient (Wildman–Crippen LogP) is 14.6. The smallest absolute Gasteiger partial charge is 0.160 e. The molecule has 0 amide bonds. The first-order chi connectivity index (χ1) is 30.6. The molecule has 1 spiro atoms. The average molecular weight is 795 g/mol. The van der Waals surface area contributed by atoms with Crippen molar-refractivity contribution in [3.8, 4) is 95.6 Å². The van der Waals surface area contributed by atoms with Crippen LogP contribution in [0.1, 0.15) is 48.8 Å². The monoisotopic (exact) mass is 794 g/mol. The first kappa shape index (κ1) is 37.3. The normalized spacial score (nSPS) is 13.6. The highest BCUT2D eigenvalue weighted by atomic mass is 14.9. The largest absolute Gasteiger partial charge is 0.264 e. The Morgan fingerprint density at radius 2 is 1.00 bits per heavy atom. The third-order valence-electron chi connectivity index (χ3n) is 13.1. The second-order valence-corrected chi connectivity index (χ2v) is 16.6. The van der Waals surface area contributed by atoms with Gasteiger partial charge in [-0.15, -0.1) is 0 Å². The van der Waals surface area contributed by atoms with Crippen LogP contribution in [-0.2, 0) is 5.41 Å². The second kappa shape index (κ2) is 15.7. The summed E-state index contributed by atoms with van der Waals surface area (Å²) in [7, 11) is 0. The number of nitrogens with zero attached hydrogens (tertiary/aromatic N) is 4. The molecule has 0 atom stereocenters. The van der Waals surface area contributed by atoms with Crippen LogP contribution >= 0.6 is 0 Å². The molecule has 4 heteroatoms. The van der Waals surface area contributed by atoms with Crippen molar-refractivity contribution in [1.29, 1.82) is 5.26 Å². The molecule has 7 aromatic carbocycles. The van der Waals surface area contributed by atoms with Gasteiger partial charge >= 0.3 is 0 Å². The maximum atomic E-state index is 9.84. The Morgan fingerprint density at radius 1 is 0.419 bits per heavy atom. The summed E-state index contributed by atoms with van der Waals surface area (Å²) in [6.45, 7) is 0. The van der Waals surface area contributed by atoms with E-state index in [1.165, 1.54) is 63.8 Å². The van der Waals surface area contributed by atoms with Gasteiger partial charge < -0.3 is 0 Å². The van der Waals surface area contributed by atoms with Crippen LogP contribution in [0.4, 0.5) is 0 Å². The number of benzene rings is 7. The van der Waals surface area contributed by atoms with Gasteiger partial charge in [0.1, 0.15) is 0 Å². The molecule has 2 aliphatic carbocycles. The second-order valence-electron chi connectivity index (χ2n) is 16.6. The summed E-state index contributed by atoms with van der Waals surface area (Å²) in [6.07, 6.45) is 9.68. The SMILES string of the molecule is N#Cc1ccc2c(c1)C1(CCCCC1)c1cccc(-c3cccc(-c4ccc(-c5ccc(-c6cc(-c7ccc(-c8cccnc8)cc7)nc(-c7ccccc7)n6)cc5)cc4)c3)c1-2. The number of fused-ring (bicyclic) bond motifs is 5. The minimum atomic E-state index is -0.00538. The molecule has 0 bridgehead atoms. The molecule has 0 N–H and O–H groups in total. The Balaban J connectivity index is 0.881. The van der Waals surface area contributed by atoms with E-state index >= 15 is 0 Å². The van der Waals surface area contributed by atoms with Crippen LogP contribution in [0.5, 0.6) is 0 Å². The fraction of sp³-hybridized carbons (Fsp3) is 0.103. The van der Waals surface area contributed by atoms with E-state index in [0.29, 0.717) is 5.82 Å². The van der Waals surface area contributed by atoms with Gasteiger partial charge in [0.05, 0.1) is 23.0 Å². The third-order valence-corrected chi connectivity index (χ3v) is 13.1. The van der Waals surface area contributed by atoms with Crippen LogP contribution < -0.4 is 0 Å². The van der Waals surface area contributed by atoms with Gasteiger partial charge in [0.15, 0.2) is 5.82 Å². The van der Waals surface area contributed by atoms with Crippen molar-refractivity contribution in [1.82, 2.24) is 15.0 Å². The number of aromatic nitrogens is 3. The zero-order valence-electron chi connectivity index (χ0n) is 34.3. The molecule has 0 radical (unpaired) electrons. The standard InChI is InChI=1S/C58H42N4/c59-37-39-17-30-51-53(34-39)58(31-5-2-6-32-58)52-16-8-15-50(56(51)52)48-13-7-12-47(35-48)42-20-18-40(19-21-42)41-22-26-44(27-23-41)54-36-55(62-57(61-54)46-10-3-1-4-11-46)45-28-24-43(25-29-45)49-14-9-33-60-38-49/h1,3-4,7-30,33-36,38H,2,5-6,31-32H2. The zero-order valence-corrected chi connectivity index (χ0v) is 34.3. The van der Waals surface area contributed by atoms with E-state index in [4.69, 9.17) is 9.97 Å². The Bertz CT molecular complexity index is 3120. The highest BCUT2D eigenvalue weighted by molar-refractivity contribution is 5.94. The summed E-state index contributed by atoms with van der Waals surface area (Å²) in [4.78, 5) is 14.4. The van der Waals surface area contributed by atoms with Gasteiger partial charge in [-0.3, -0.25) is 4.98 Å². The highest BCUT2D eigenvalue weighted by Gasteiger charge is 2.44. The highest BCUT2D eigenvalue weighted by Crippen LogP contribution is 2.58. The minimum absolute atomic E-state index is 0.00538. The first-order valence-electron chi connectivity index (χ1n) is 21.6. The van der Waals surface area contributed by atoms with Crippen molar-refractivity contribution >= 4 is 0 Å². The van der Waals surface area contributed by atoms with E-state index in [2.05, 4.69) is 163 Å². The molecule has 62 heavy (non-hydrogen) atoms. The molecule has 11 rings (SSSR count). The molecule has 2 aliphatic rings.